The van der Waals surface area contributed by atoms with Crippen molar-refractivity contribution in [1.82, 2.24) is 14.8 Å². The zero-order chi connectivity index (χ0) is 11.7. The molecule has 17 heavy (non-hydrogen) atoms. The molecule has 0 bridgehead atoms. The second-order valence-corrected chi connectivity index (χ2v) is 5.42. The monoisotopic (exact) mass is 235 g/mol. The third-order valence-corrected chi connectivity index (χ3v) is 3.91. The average molecular weight is 235 g/mol. The molecule has 0 aromatic carbocycles. The molecule has 2 aliphatic rings. The maximum absolute atomic E-state index is 5.52. The fourth-order valence-corrected chi connectivity index (χ4v) is 2.92. The third kappa shape index (κ3) is 2.37. The number of hydrogen-bond donors (Lipinski definition) is 0. The number of fused-ring (bicyclic) bond motifs is 1. The van der Waals surface area contributed by atoms with Gasteiger partial charge >= 0.3 is 0 Å². The van der Waals surface area contributed by atoms with E-state index in [0.29, 0.717) is 12.0 Å². The molecule has 94 valence electrons. The molecule has 1 fully saturated rings. The van der Waals surface area contributed by atoms with Crippen molar-refractivity contribution < 1.29 is 4.74 Å². The van der Waals surface area contributed by atoms with Crippen LogP contribution in [-0.2, 0) is 17.6 Å². The minimum Gasteiger partial charge on any atom is -0.381 e. The van der Waals surface area contributed by atoms with Crippen molar-refractivity contribution in [1.29, 1.82) is 0 Å². The summed E-state index contributed by atoms with van der Waals surface area (Å²) < 4.78 is 7.66. The summed E-state index contributed by atoms with van der Waals surface area (Å²) in [5, 5.41) is 4.68. The number of ether oxygens (including phenoxy) is 1. The molecule has 3 rings (SSSR count). The van der Waals surface area contributed by atoms with Gasteiger partial charge in [0.05, 0.1) is 6.04 Å². The maximum Gasteiger partial charge on any atom is 0.151 e. The Morgan fingerprint density at radius 3 is 3.06 bits per heavy atom. The molecule has 4 nitrogen and oxygen atoms in total. The highest BCUT2D eigenvalue weighted by Gasteiger charge is 2.22. The maximum atomic E-state index is 5.52. The SMILES string of the molecule is CC1CCCc2nc(CC3CCCOC3)nn21. The van der Waals surface area contributed by atoms with Gasteiger partial charge in [0, 0.05) is 26.1 Å². The van der Waals surface area contributed by atoms with Crippen LogP contribution in [0.4, 0.5) is 0 Å². The zero-order valence-electron chi connectivity index (χ0n) is 10.6. The highest BCUT2D eigenvalue weighted by atomic mass is 16.5. The molecule has 1 saturated heterocycles. The first-order chi connectivity index (χ1) is 8.33. The lowest BCUT2D eigenvalue weighted by Crippen LogP contribution is -2.20. The number of nitrogens with zero attached hydrogens (tertiary/aromatic N) is 3. The van der Waals surface area contributed by atoms with E-state index >= 15 is 0 Å². The van der Waals surface area contributed by atoms with Crippen molar-refractivity contribution in [3.63, 3.8) is 0 Å². The van der Waals surface area contributed by atoms with E-state index in [4.69, 9.17) is 9.72 Å². The van der Waals surface area contributed by atoms with E-state index in [2.05, 4.69) is 16.7 Å². The number of hydrogen-bond acceptors (Lipinski definition) is 3. The van der Waals surface area contributed by atoms with Gasteiger partial charge in [-0.2, -0.15) is 5.10 Å². The molecule has 0 spiro atoms. The molecule has 0 N–H and O–H groups in total. The first-order valence-corrected chi connectivity index (χ1v) is 6.85. The lowest BCUT2D eigenvalue weighted by molar-refractivity contribution is 0.0542. The summed E-state index contributed by atoms with van der Waals surface area (Å²) in [5.74, 6) is 2.85. The van der Waals surface area contributed by atoms with Crippen molar-refractivity contribution in [2.45, 2.75) is 51.5 Å². The van der Waals surface area contributed by atoms with E-state index in [0.717, 1.165) is 31.9 Å². The molecule has 0 aliphatic carbocycles. The summed E-state index contributed by atoms with van der Waals surface area (Å²) >= 11 is 0. The normalized spacial score (nSPS) is 29.0. The van der Waals surface area contributed by atoms with Gasteiger partial charge in [0.25, 0.3) is 0 Å². The van der Waals surface area contributed by atoms with Gasteiger partial charge < -0.3 is 4.74 Å². The van der Waals surface area contributed by atoms with Gasteiger partial charge in [0.1, 0.15) is 5.82 Å². The Kier molecular flexibility index (Phi) is 3.14. The molecule has 2 atom stereocenters. The Morgan fingerprint density at radius 2 is 2.29 bits per heavy atom. The summed E-state index contributed by atoms with van der Waals surface area (Å²) in [6.07, 6.45) is 7.04. The minimum atomic E-state index is 0.530. The summed E-state index contributed by atoms with van der Waals surface area (Å²) in [7, 11) is 0. The van der Waals surface area contributed by atoms with Gasteiger partial charge in [-0.15, -0.1) is 0 Å². The van der Waals surface area contributed by atoms with Crippen LogP contribution in [0.15, 0.2) is 0 Å². The van der Waals surface area contributed by atoms with E-state index in [1.165, 1.54) is 31.5 Å². The molecular formula is C13H21N3O. The smallest absolute Gasteiger partial charge is 0.151 e. The predicted molar refractivity (Wildman–Crippen MR) is 64.9 cm³/mol. The zero-order valence-corrected chi connectivity index (χ0v) is 10.6. The minimum absolute atomic E-state index is 0.530. The quantitative estimate of drug-likeness (QED) is 0.788. The Morgan fingerprint density at radius 1 is 1.35 bits per heavy atom. The van der Waals surface area contributed by atoms with Crippen molar-refractivity contribution in [2.75, 3.05) is 13.2 Å². The highest BCUT2D eigenvalue weighted by Crippen LogP contribution is 2.24. The molecule has 2 unspecified atom stereocenters. The molecule has 1 aromatic heterocycles. The topological polar surface area (TPSA) is 39.9 Å². The van der Waals surface area contributed by atoms with E-state index in [1.54, 1.807) is 0 Å². The van der Waals surface area contributed by atoms with Crippen LogP contribution in [0.5, 0.6) is 0 Å². The lowest BCUT2D eigenvalue weighted by atomic mass is 9.98. The fourth-order valence-electron chi connectivity index (χ4n) is 2.92. The van der Waals surface area contributed by atoms with Crippen LogP contribution in [0.25, 0.3) is 0 Å². The molecule has 4 heteroatoms. The van der Waals surface area contributed by atoms with Gasteiger partial charge in [-0.25, -0.2) is 9.67 Å². The van der Waals surface area contributed by atoms with Crippen LogP contribution in [0.2, 0.25) is 0 Å². The summed E-state index contributed by atoms with van der Waals surface area (Å²) in [4.78, 5) is 4.69. The van der Waals surface area contributed by atoms with Crippen LogP contribution >= 0.6 is 0 Å². The van der Waals surface area contributed by atoms with Gasteiger partial charge in [0.15, 0.2) is 5.82 Å². The van der Waals surface area contributed by atoms with Crippen LogP contribution < -0.4 is 0 Å². The summed E-state index contributed by atoms with van der Waals surface area (Å²) in [6, 6.07) is 0.530. The number of rotatable bonds is 2. The van der Waals surface area contributed by atoms with Crippen molar-refractivity contribution in [3.05, 3.63) is 11.6 Å². The molecule has 0 saturated carbocycles. The Labute approximate surface area is 102 Å². The second-order valence-electron chi connectivity index (χ2n) is 5.42. The Balaban J connectivity index is 1.71. The Bertz CT molecular complexity index is 382. The largest absolute Gasteiger partial charge is 0.381 e. The van der Waals surface area contributed by atoms with Gasteiger partial charge in [-0.3, -0.25) is 0 Å². The van der Waals surface area contributed by atoms with Crippen LogP contribution in [0, 0.1) is 5.92 Å². The third-order valence-electron chi connectivity index (χ3n) is 3.91. The summed E-state index contributed by atoms with van der Waals surface area (Å²) in [6.45, 7) is 4.06. The van der Waals surface area contributed by atoms with E-state index < -0.39 is 0 Å². The molecule has 1 aromatic rings. The molecule has 2 aliphatic heterocycles. The second kappa shape index (κ2) is 4.77. The van der Waals surface area contributed by atoms with Crippen molar-refractivity contribution >= 4 is 0 Å². The van der Waals surface area contributed by atoms with Gasteiger partial charge in [-0.1, -0.05) is 0 Å². The highest BCUT2D eigenvalue weighted by molar-refractivity contribution is 4.99. The first kappa shape index (κ1) is 11.2. The molecule has 0 amide bonds. The van der Waals surface area contributed by atoms with Crippen LogP contribution in [-0.4, -0.2) is 28.0 Å². The van der Waals surface area contributed by atoms with E-state index in [-0.39, 0.29) is 0 Å². The van der Waals surface area contributed by atoms with E-state index in [1.807, 2.05) is 0 Å². The van der Waals surface area contributed by atoms with Gasteiger partial charge in [-0.05, 0) is 38.5 Å². The van der Waals surface area contributed by atoms with Crippen molar-refractivity contribution in [2.24, 2.45) is 5.92 Å². The predicted octanol–water partition coefficient (Wildman–Crippen LogP) is 2.14. The Hall–Kier alpha value is -0.900. The standard InChI is InChI=1S/C13H21N3O/c1-10-4-2-6-13-14-12(15-16(10)13)8-11-5-3-7-17-9-11/h10-11H,2-9H2,1H3. The molecule has 0 radical (unpaired) electrons. The first-order valence-electron chi connectivity index (χ1n) is 6.85. The number of aryl methyl sites for hydroxylation is 1. The molecular weight excluding hydrogens is 214 g/mol. The lowest BCUT2D eigenvalue weighted by Gasteiger charge is -2.20. The fraction of sp³-hybridized carbons (Fsp3) is 0.846. The van der Waals surface area contributed by atoms with Crippen LogP contribution in [0.1, 0.15) is 50.3 Å². The van der Waals surface area contributed by atoms with Crippen molar-refractivity contribution in [3.8, 4) is 0 Å². The molecule has 3 heterocycles. The summed E-state index contributed by atoms with van der Waals surface area (Å²) in [5.41, 5.74) is 0. The van der Waals surface area contributed by atoms with Gasteiger partial charge in [0.2, 0.25) is 0 Å². The van der Waals surface area contributed by atoms with Crippen LogP contribution in [0.3, 0.4) is 0 Å². The average Bonchev–Trinajstić information content (AvgIpc) is 2.74. The number of aromatic nitrogens is 3. The van der Waals surface area contributed by atoms with E-state index in [9.17, 15) is 0 Å².